The van der Waals surface area contributed by atoms with Crippen LogP contribution in [0, 0.1) is 0 Å². The van der Waals surface area contributed by atoms with Gasteiger partial charge in [0.15, 0.2) is 0 Å². The molecule has 29 heavy (non-hydrogen) atoms. The molecule has 0 atom stereocenters. The number of anilines is 1. The average molecular weight is 389 g/mol. The summed E-state index contributed by atoms with van der Waals surface area (Å²) in [5.74, 6) is 0.108. The van der Waals surface area contributed by atoms with Gasteiger partial charge in [-0.05, 0) is 49.4 Å². The second-order valence-electron chi connectivity index (χ2n) is 8.52. The molecule has 0 unspecified atom stereocenters. The van der Waals surface area contributed by atoms with Gasteiger partial charge in [-0.2, -0.15) is 0 Å². The third-order valence-electron chi connectivity index (χ3n) is 6.86. The predicted octanol–water partition coefficient (Wildman–Crippen LogP) is 3.90. The number of benzene rings is 2. The van der Waals surface area contributed by atoms with Crippen molar-refractivity contribution in [1.82, 2.24) is 9.80 Å². The van der Waals surface area contributed by atoms with E-state index in [1.54, 1.807) is 0 Å². The van der Waals surface area contributed by atoms with Crippen molar-refractivity contribution in [3.05, 3.63) is 65.7 Å². The van der Waals surface area contributed by atoms with Gasteiger partial charge in [-0.15, -0.1) is 0 Å². The minimum Gasteiger partial charge on any atom is -0.339 e. The molecule has 2 aromatic rings. The van der Waals surface area contributed by atoms with Gasteiger partial charge in [-0.3, -0.25) is 9.69 Å². The van der Waals surface area contributed by atoms with E-state index in [0.717, 1.165) is 69.7 Å². The maximum atomic E-state index is 13.2. The van der Waals surface area contributed by atoms with E-state index in [9.17, 15) is 9.59 Å². The number of piperidine rings is 1. The summed E-state index contributed by atoms with van der Waals surface area (Å²) in [6, 6.07) is 18.0. The van der Waals surface area contributed by atoms with Gasteiger partial charge in [0.05, 0.1) is 0 Å². The SMILES string of the molecule is O=C(c1ccccc1)N1CCC2(CC1)CN(C(=O)N1CCCC1)c1ccccc12. The maximum Gasteiger partial charge on any atom is 0.324 e. The molecule has 150 valence electrons. The van der Waals surface area contributed by atoms with Gasteiger partial charge in [0.2, 0.25) is 0 Å². The van der Waals surface area contributed by atoms with Crippen LogP contribution in [0.15, 0.2) is 54.6 Å². The van der Waals surface area contributed by atoms with Crippen LogP contribution < -0.4 is 4.90 Å². The van der Waals surface area contributed by atoms with Crippen LogP contribution in [0.3, 0.4) is 0 Å². The first-order chi connectivity index (χ1) is 14.2. The van der Waals surface area contributed by atoms with Gasteiger partial charge in [0.25, 0.3) is 5.91 Å². The summed E-state index contributed by atoms with van der Waals surface area (Å²) >= 11 is 0. The molecule has 5 rings (SSSR count). The summed E-state index contributed by atoms with van der Waals surface area (Å²) in [6.07, 6.45) is 3.99. The van der Waals surface area contributed by atoms with Gasteiger partial charge in [-0.25, -0.2) is 4.79 Å². The Morgan fingerprint density at radius 3 is 2.14 bits per heavy atom. The quantitative estimate of drug-likeness (QED) is 0.743. The van der Waals surface area contributed by atoms with Gasteiger partial charge in [-0.1, -0.05) is 36.4 Å². The lowest BCUT2D eigenvalue weighted by Gasteiger charge is -2.40. The molecule has 0 aliphatic carbocycles. The number of rotatable bonds is 1. The number of likely N-dealkylation sites (tertiary alicyclic amines) is 2. The fourth-order valence-corrected chi connectivity index (χ4v) is 5.21. The van der Waals surface area contributed by atoms with Crippen LogP contribution >= 0.6 is 0 Å². The summed E-state index contributed by atoms with van der Waals surface area (Å²) < 4.78 is 0. The Bertz CT molecular complexity index is 913. The van der Waals surface area contributed by atoms with Gasteiger partial charge < -0.3 is 9.80 Å². The van der Waals surface area contributed by atoms with Crippen molar-refractivity contribution >= 4 is 17.6 Å². The van der Waals surface area contributed by atoms with Crippen molar-refractivity contribution in [3.63, 3.8) is 0 Å². The van der Waals surface area contributed by atoms with Crippen LogP contribution in [0.2, 0.25) is 0 Å². The zero-order valence-corrected chi connectivity index (χ0v) is 16.7. The summed E-state index contributed by atoms with van der Waals surface area (Å²) in [6.45, 7) is 3.92. The first-order valence-electron chi connectivity index (χ1n) is 10.7. The van der Waals surface area contributed by atoms with E-state index in [1.165, 1.54) is 5.56 Å². The van der Waals surface area contributed by atoms with Gasteiger partial charge in [0.1, 0.15) is 0 Å². The van der Waals surface area contributed by atoms with Crippen LogP contribution in [0.5, 0.6) is 0 Å². The molecule has 2 aromatic carbocycles. The van der Waals surface area contributed by atoms with Gasteiger partial charge >= 0.3 is 6.03 Å². The number of nitrogens with zero attached hydrogens (tertiary/aromatic N) is 3. The lowest BCUT2D eigenvalue weighted by molar-refractivity contribution is 0.0674. The summed E-state index contributed by atoms with van der Waals surface area (Å²) in [7, 11) is 0. The Kier molecular flexibility index (Phi) is 4.53. The maximum absolute atomic E-state index is 13.2. The molecule has 0 radical (unpaired) electrons. The number of para-hydroxylation sites is 1. The lowest BCUT2D eigenvalue weighted by Crippen LogP contribution is -2.49. The normalized spacial score (nSPS) is 20.2. The van der Waals surface area contributed by atoms with E-state index in [4.69, 9.17) is 0 Å². The first-order valence-corrected chi connectivity index (χ1v) is 10.7. The summed E-state index contributed by atoms with van der Waals surface area (Å²) in [5, 5.41) is 0. The molecular formula is C24H27N3O2. The fraction of sp³-hybridized carbons (Fsp3) is 0.417. The van der Waals surface area contributed by atoms with Crippen molar-refractivity contribution < 1.29 is 9.59 Å². The largest absolute Gasteiger partial charge is 0.339 e. The number of carbonyl (C=O) groups is 2. The van der Waals surface area contributed by atoms with E-state index in [2.05, 4.69) is 18.2 Å². The first kappa shape index (κ1) is 18.2. The van der Waals surface area contributed by atoms with E-state index < -0.39 is 0 Å². The van der Waals surface area contributed by atoms with Crippen LogP contribution in [-0.2, 0) is 5.41 Å². The number of carbonyl (C=O) groups excluding carboxylic acids is 2. The van der Waals surface area contributed by atoms with Crippen molar-refractivity contribution in [2.24, 2.45) is 0 Å². The minimum atomic E-state index is -0.0422. The molecule has 3 heterocycles. The zero-order valence-electron chi connectivity index (χ0n) is 16.7. The molecule has 1 spiro atoms. The predicted molar refractivity (Wildman–Crippen MR) is 113 cm³/mol. The zero-order chi connectivity index (χ0) is 19.8. The van der Waals surface area contributed by atoms with Crippen molar-refractivity contribution in [2.45, 2.75) is 31.1 Å². The van der Waals surface area contributed by atoms with E-state index in [0.29, 0.717) is 0 Å². The number of amides is 3. The topological polar surface area (TPSA) is 43.9 Å². The highest BCUT2D eigenvalue weighted by atomic mass is 16.2. The third-order valence-corrected chi connectivity index (χ3v) is 6.86. The highest BCUT2D eigenvalue weighted by Gasteiger charge is 2.47. The summed E-state index contributed by atoms with van der Waals surface area (Å²) in [4.78, 5) is 32.0. The average Bonchev–Trinajstić information content (AvgIpc) is 3.42. The standard InChI is InChI=1S/C24H27N3O2/c28-22(19-8-2-1-3-9-19)25-16-12-24(13-17-25)18-27(21-11-5-4-10-20(21)24)23(29)26-14-6-7-15-26/h1-5,8-11H,6-7,12-18H2. The molecule has 3 aliphatic rings. The second-order valence-corrected chi connectivity index (χ2v) is 8.52. The summed E-state index contributed by atoms with van der Waals surface area (Å²) in [5.41, 5.74) is 3.05. The third kappa shape index (κ3) is 3.09. The Balaban J connectivity index is 1.36. The number of hydrogen-bond donors (Lipinski definition) is 0. The van der Waals surface area contributed by atoms with Crippen molar-refractivity contribution in [1.29, 1.82) is 0 Å². The highest BCUT2D eigenvalue weighted by molar-refractivity contribution is 5.96. The van der Waals surface area contributed by atoms with E-state index in [-0.39, 0.29) is 17.4 Å². The molecule has 0 bridgehead atoms. The molecule has 5 nitrogen and oxygen atoms in total. The highest BCUT2D eigenvalue weighted by Crippen LogP contribution is 2.47. The molecule has 2 saturated heterocycles. The Morgan fingerprint density at radius 2 is 1.41 bits per heavy atom. The van der Waals surface area contributed by atoms with E-state index >= 15 is 0 Å². The number of urea groups is 1. The Morgan fingerprint density at radius 1 is 0.759 bits per heavy atom. The monoisotopic (exact) mass is 389 g/mol. The lowest BCUT2D eigenvalue weighted by atomic mass is 9.74. The molecule has 3 amide bonds. The molecule has 5 heteroatoms. The van der Waals surface area contributed by atoms with Crippen LogP contribution in [0.1, 0.15) is 41.6 Å². The van der Waals surface area contributed by atoms with Gasteiger partial charge in [0, 0.05) is 49.4 Å². The molecule has 0 N–H and O–H groups in total. The van der Waals surface area contributed by atoms with Crippen molar-refractivity contribution in [3.8, 4) is 0 Å². The Hall–Kier alpha value is -2.82. The minimum absolute atomic E-state index is 0.0422. The molecule has 0 saturated carbocycles. The van der Waals surface area contributed by atoms with E-state index in [1.807, 2.05) is 51.1 Å². The smallest absolute Gasteiger partial charge is 0.324 e. The second kappa shape index (κ2) is 7.21. The molecule has 3 aliphatic heterocycles. The number of hydrogen-bond acceptors (Lipinski definition) is 2. The Labute approximate surface area is 171 Å². The molecular weight excluding hydrogens is 362 g/mol. The number of fused-ring (bicyclic) bond motifs is 2. The molecule has 0 aromatic heterocycles. The van der Waals surface area contributed by atoms with Crippen LogP contribution in [0.25, 0.3) is 0 Å². The fourth-order valence-electron chi connectivity index (χ4n) is 5.21. The van der Waals surface area contributed by atoms with Crippen molar-refractivity contribution in [2.75, 3.05) is 37.6 Å². The van der Waals surface area contributed by atoms with Crippen LogP contribution in [-0.4, -0.2) is 54.5 Å². The van der Waals surface area contributed by atoms with Crippen LogP contribution in [0.4, 0.5) is 10.5 Å². The molecule has 2 fully saturated rings.